The van der Waals surface area contributed by atoms with E-state index in [4.69, 9.17) is 17.3 Å². The van der Waals surface area contributed by atoms with E-state index in [9.17, 15) is 0 Å². The van der Waals surface area contributed by atoms with Crippen LogP contribution in [0.2, 0.25) is 5.02 Å². The fraction of sp³-hybridized carbons (Fsp3) is 0.571. The predicted molar refractivity (Wildman–Crippen MR) is 75.5 cm³/mol. The topological polar surface area (TPSA) is 38.0 Å². The lowest BCUT2D eigenvalue weighted by molar-refractivity contribution is 0.457. The Bertz CT molecular complexity index is 378. The maximum absolute atomic E-state index is 6.01. The number of nitrogen functional groups attached to an aromatic ring is 1. The van der Waals surface area contributed by atoms with E-state index in [1.165, 1.54) is 32.1 Å². The van der Waals surface area contributed by atoms with E-state index < -0.39 is 0 Å². The summed E-state index contributed by atoms with van der Waals surface area (Å²) in [6.07, 6.45) is 6.55. The van der Waals surface area contributed by atoms with Crippen LogP contribution in [0.5, 0.6) is 0 Å². The first-order chi connectivity index (χ1) is 8.16. The van der Waals surface area contributed by atoms with E-state index in [-0.39, 0.29) is 0 Å². The quantitative estimate of drug-likeness (QED) is 0.608. The smallest absolute Gasteiger partial charge is 0.0591 e. The Kier molecular flexibility index (Phi) is 4.16. The summed E-state index contributed by atoms with van der Waals surface area (Å²) in [7, 11) is 0. The van der Waals surface area contributed by atoms with Gasteiger partial charge in [-0.25, -0.2) is 0 Å². The average Bonchev–Trinajstić information content (AvgIpc) is 2.50. The normalized spacial score (nSPS) is 25.3. The van der Waals surface area contributed by atoms with Crippen molar-refractivity contribution in [1.29, 1.82) is 0 Å². The van der Waals surface area contributed by atoms with E-state index >= 15 is 0 Å². The van der Waals surface area contributed by atoms with Gasteiger partial charge in [0, 0.05) is 11.1 Å². The molecule has 1 aromatic rings. The van der Waals surface area contributed by atoms with Gasteiger partial charge in [-0.05, 0) is 37.0 Å². The van der Waals surface area contributed by atoms with Crippen LogP contribution in [0.1, 0.15) is 39.0 Å². The van der Waals surface area contributed by atoms with Crippen molar-refractivity contribution < 1.29 is 0 Å². The summed E-state index contributed by atoms with van der Waals surface area (Å²) < 4.78 is 0. The molecule has 1 saturated carbocycles. The molecule has 0 bridgehead atoms. The molecule has 0 aliphatic heterocycles. The number of nitrogens with two attached hydrogens (primary N) is 1. The molecule has 94 valence electrons. The zero-order chi connectivity index (χ0) is 12.3. The van der Waals surface area contributed by atoms with Crippen molar-refractivity contribution in [3.05, 3.63) is 23.2 Å². The molecule has 0 radical (unpaired) electrons. The van der Waals surface area contributed by atoms with Crippen LogP contribution in [-0.2, 0) is 0 Å². The third-order valence-electron chi connectivity index (χ3n) is 3.72. The van der Waals surface area contributed by atoms with Crippen LogP contribution in [0, 0.1) is 5.92 Å². The van der Waals surface area contributed by atoms with Crippen LogP contribution >= 0.6 is 11.6 Å². The van der Waals surface area contributed by atoms with Gasteiger partial charge in [0.15, 0.2) is 0 Å². The maximum atomic E-state index is 6.01. The minimum Gasteiger partial charge on any atom is -0.397 e. The lowest BCUT2D eigenvalue weighted by atomic mass is 9.96. The third-order valence-corrected chi connectivity index (χ3v) is 3.95. The van der Waals surface area contributed by atoms with E-state index in [0.717, 1.165) is 16.4 Å². The minimum atomic E-state index is 0.526. The van der Waals surface area contributed by atoms with Gasteiger partial charge in [0.1, 0.15) is 0 Å². The summed E-state index contributed by atoms with van der Waals surface area (Å²) in [6.45, 7) is 2.32. The highest BCUT2D eigenvalue weighted by Crippen LogP contribution is 2.29. The molecule has 0 saturated heterocycles. The van der Waals surface area contributed by atoms with Gasteiger partial charge in [0.2, 0.25) is 0 Å². The Morgan fingerprint density at radius 1 is 1.24 bits per heavy atom. The van der Waals surface area contributed by atoms with Crippen molar-refractivity contribution in [2.45, 2.75) is 45.1 Å². The van der Waals surface area contributed by atoms with E-state index in [2.05, 4.69) is 12.2 Å². The van der Waals surface area contributed by atoms with Crippen molar-refractivity contribution in [1.82, 2.24) is 0 Å². The zero-order valence-corrected chi connectivity index (χ0v) is 11.1. The second kappa shape index (κ2) is 5.63. The molecule has 0 amide bonds. The molecule has 1 aliphatic carbocycles. The highest BCUT2D eigenvalue weighted by molar-refractivity contribution is 6.31. The largest absolute Gasteiger partial charge is 0.397 e. The first-order valence-electron chi connectivity index (χ1n) is 6.48. The summed E-state index contributed by atoms with van der Waals surface area (Å²) in [6, 6.07) is 6.15. The van der Waals surface area contributed by atoms with Crippen molar-refractivity contribution in [2.24, 2.45) is 5.92 Å². The highest BCUT2D eigenvalue weighted by Gasteiger charge is 2.20. The van der Waals surface area contributed by atoms with Crippen LogP contribution < -0.4 is 11.1 Å². The Balaban J connectivity index is 2.10. The Morgan fingerprint density at radius 3 is 2.82 bits per heavy atom. The summed E-state index contributed by atoms with van der Waals surface area (Å²) in [5.74, 6) is 0.705. The van der Waals surface area contributed by atoms with E-state index in [1.54, 1.807) is 0 Å². The SMILES string of the molecule is CC1CCCCCC1Nc1cc(Cl)ccc1N. The maximum Gasteiger partial charge on any atom is 0.0591 e. The molecule has 0 aromatic heterocycles. The van der Waals surface area contributed by atoms with Crippen molar-refractivity contribution in [2.75, 3.05) is 11.1 Å². The van der Waals surface area contributed by atoms with Crippen LogP contribution in [0.4, 0.5) is 11.4 Å². The van der Waals surface area contributed by atoms with Gasteiger partial charge in [0.05, 0.1) is 11.4 Å². The molecular formula is C14H21ClN2. The standard InChI is InChI=1S/C14H21ClN2/c1-10-5-3-2-4-6-13(10)17-14-9-11(15)7-8-12(14)16/h7-10,13,17H,2-6,16H2,1H3. The lowest BCUT2D eigenvalue weighted by Crippen LogP contribution is -2.26. The van der Waals surface area contributed by atoms with Crippen molar-refractivity contribution in [3.8, 4) is 0 Å². The van der Waals surface area contributed by atoms with Crippen LogP contribution in [0.25, 0.3) is 0 Å². The monoisotopic (exact) mass is 252 g/mol. The Morgan fingerprint density at radius 2 is 2.00 bits per heavy atom. The molecule has 2 unspecified atom stereocenters. The molecule has 3 N–H and O–H groups in total. The van der Waals surface area contributed by atoms with E-state index in [1.807, 2.05) is 18.2 Å². The minimum absolute atomic E-state index is 0.526. The van der Waals surface area contributed by atoms with Gasteiger partial charge >= 0.3 is 0 Å². The second-order valence-corrected chi connectivity index (χ2v) is 5.53. The number of hydrogen-bond donors (Lipinski definition) is 2. The zero-order valence-electron chi connectivity index (χ0n) is 10.4. The van der Waals surface area contributed by atoms with Gasteiger partial charge in [0.25, 0.3) is 0 Å². The molecule has 2 nitrogen and oxygen atoms in total. The fourth-order valence-electron chi connectivity index (χ4n) is 2.56. The number of anilines is 2. The molecule has 1 aliphatic rings. The molecule has 3 heteroatoms. The van der Waals surface area contributed by atoms with Crippen molar-refractivity contribution in [3.63, 3.8) is 0 Å². The molecular weight excluding hydrogens is 232 g/mol. The van der Waals surface area contributed by atoms with Crippen LogP contribution in [-0.4, -0.2) is 6.04 Å². The van der Waals surface area contributed by atoms with Gasteiger partial charge in [-0.2, -0.15) is 0 Å². The number of benzene rings is 1. The Hall–Kier alpha value is -0.890. The lowest BCUT2D eigenvalue weighted by Gasteiger charge is -2.24. The summed E-state index contributed by atoms with van der Waals surface area (Å²) in [5, 5.41) is 4.31. The van der Waals surface area contributed by atoms with Gasteiger partial charge in [-0.1, -0.05) is 37.8 Å². The summed E-state index contributed by atoms with van der Waals surface area (Å²) in [5.41, 5.74) is 7.74. The first kappa shape index (κ1) is 12.6. The molecule has 17 heavy (non-hydrogen) atoms. The molecule has 2 rings (SSSR count). The van der Waals surface area contributed by atoms with Crippen molar-refractivity contribution >= 4 is 23.0 Å². The summed E-state index contributed by atoms with van der Waals surface area (Å²) >= 11 is 6.01. The van der Waals surface area contributed by atoms with Gasteiger partial charge in [-0.15, -0.1) is 0 Å². The molecule has 0 spiro atoms. The molecule has 2 atom stereocenters. The van der Waals surface area contributed by atoms with E-state index in [0.29, 0.717) is 12.0 Å². The number of halogens is 1. The number of rotatable bonds is 2. The number of hydrogen-bond acceptors (Lipinski definition) is 2. The molecule has 0 heterocycles. The van der Waals surface area contributed by atoms with Gasteiger partial charge in [-0.3, -0.25) is 0 Å². The summed E-state index contributed by atoms with van der Waals surface area (Å²) in [4.78, 5) is 0. The molecule has 1 fully saturated rings. The first-order valence-corrected chi connectivity index (χ1v) is 6.86. The highest BCUT2D eigenvalue weighted by atomic mass is 35.5. The third kappa shape index (κ3) is 3.29. The van der Waals surface area contributed by atoms with Crippen LogP contribution in [0.15, 0.2) is 18.2 Å². The average molecular weight is 253 g/mol. The Labute approximate surface area is 109 Å². The van der Waals surface area contributed by atoms with Crippen LogP contribution in [0.3, 0.4) is 0 Å². The van der Waals surface area contributed by atoms with Gasteiger partial charge < -0.3 is 11.1 Å². The second-order valence-electron chi connectivity index (χ2n) is 5.10. The number of nitrogens with one attached hydrogen (secondary N) is 1. The fourth-order valence-corrected chi connectivity index (χ4v) is 2.73. The predicted octanol–water partition coefficient (Wildman–Crippen LogP) is 4.30. The molecule has 1 aromatic carbocycles.